The van der Waals surface area contributed by atoms with Gasteiger partial charge in [-0.3, -0.25) is 14.4 Å². The minimum atomic E-state index is -0.0918. The van der Waals surface area contributed by atoms with Crippen molar-refractivity contribution in [1.82, 2.24) is 19.7 Å². The Balaban J connectivity index is 2.04. The molecule has 3 aromatic rings. The van der Waals surface area contributed by atoms with Gasteiger partial charge in [0.25, 0.3) is 5.91 Å². The number of benzene rings is 1. The van der Waals surface area contributed by atoms with Crippen molar-refractivity contribution in [2.45, 2.75) is 26.8 Å². The standard InChI is InChI=1S/C19H24ClN5OS/c1-12(2)25-15(8-9-21-25)18(26)24(11-10-23(4)5)19-22-17-13(3)14(20)6-7-16(17)27-19/h6-9,12H,10-11H2,1-5H3. The second kappa shape index (κ2) is 7.96. The molecule has 0 radical (unpaired) electrons. The van der Waals surface area contributed by atoms with Crippen LogP contribution in [0.25, 0.3) is 10.2 Å². The minimum Gasteiger partial charge on any atom is -0.308 e. The number of halogens is 1. The zero-order valence-corrected chi connectivity index (χ0v) is 17.8. The highest BCUT2D eigenvalue weighted by Crippen LogP contribution is 2.34. The van der Waals surface area contributed by atoms with Crippen molar-refractivity contribution >= 4 is 44.2 Å². The number of fused-ring (bicyclic) bond motifs is 1. The monoisotopic (exact) mass is 405 g/mol. The van der Waals surface area contributed by atoms with Crippen LogP contribution in [0.1, 0.15) is 35.9 Å². The summed E-state index contributed by atoms with van der Waals surface area (Å²) in [6, 6.07) is 5.70. The highest BCUT2D eigenvalue weighted by molar-refractivity contribution is 7.22. The van der Waals surface area contributed by atoms with Crippen molar-refractivity contribution in [2.75, 3.05) is 32.1 Å². The maximum atomic E-state index is 13.4. The highest BCUT2D eigenvalue weighted by Gasteiger charge is 2.25. The molecule has 0 atom stereocenters. The van der Waals surface area contributed by atoms with Crippen molar-refractivity contribution in [3.05, 3.63) is 40.7 Å². The van der Waals surface area contributed by atoms with E-state index in [1.54, 1.807) is 21.8 Å². The number of hydrogen-bond donors (Lipinski definition) is 0. The van der Waals surface area contributed by atoms with Crippen LogP contribution >= 0.6 is 22.9 Å². The third kappa shape index (κ3) is 4.00. The van der Waals surface area contributed by atoms with Crippen molar-refractivity contribution < 1.29 is 4.79 Å². The summed E-state index contributed by atoms with van der Waals surface area (Å²) in [6.45, 7) is 7.25. The van der Waals surface area contributed by atoms with Gasteiger partial charge in [-0.25, -0.2) is 4.98 Å². The van der Waals surface area contributed by atoms with E-state index >= 15 is 0 Å². The number of amides is 1. The van der Waals surface area contributed by atoms with E-state index in [1.807, 2.05) is 47.0 Å². The lowest BCUT2D eigenvalue weighted by Crippen LogP contribution is -2.38. The SMILES string of the molecule is Cc1c(Cl)ccc2sc(N(CCN(C)C)C(=O)c3ccnn3C(C)C)nc12. The van der Waals surface area contributed by atoms with E-state index in [4.69, 9.17) is 16.6 Å². The average Bonchev–Trinajstić information content (AvgIpc) is 3.25. The first-order valence-electron chi connectivity index (χ1n) is 8.85. The quantitative estimate of drug-likeness (QED) is 0.615. The average molecular weight is 406 g/mol. The number of carbonyl (C=O) groups is 1. The second-order valence-electron chi connectivity index (χ2n) is 7.03. The fraction of sp³-hybridized carbons (Fsp3) is 0.421. The molecule has 0 unspecified atom stereocenters. The Labute approximate surface area is 168 Å². The van der Waals surface area contributed by atoms with Crippen molar-refractivity contribution in [1.29, 1.82) is 0 Å². The van der Waals surface area contributed by atoms with Gasteiger partial charge in [0.05, 0.1) is 10.2 Å². The number of rotatable bonds is 6. The van der Waals surface area contributed by atoms with E-state index in [0.29, 0.717) is 22.4 Å². The van der Waals surface area contributed by atoms with Gasteiger partial charge in [-0.05, 0) is 58.6 Å². The van der Waals surface area contributed by atoms with E-state index < -0.39 is 0 Å². The van der Waals surface area contributed by atoms with Crippen molar-refractivity contribution in [3.8, 4) is 0 Å². The molecular weight excluding hydrogens is 382 g/mol. The molecule has 2 aromatic heterocycles. The maximum Gasteiger partial charge on any atom is 0.278 e. The van der Waals surface area contributed by atoms with Gasteiger partial charge in [-0.2, -0.15) is 5.10 Å². The molecule has 27 heavy (non-hydrogen) atoms. The first kappa shape index (κ1) is 19.8. The van der Waals surface area contributed by atoms with Crippen LogP contribution in [0.2, 0.25) is 5.02 Å². The molecular formula is C19H24ClN5OS. The maximum absolute atomic E-state index is 13.4. The fourth-order valence-corrected chi connectivity index (χ4v) is 4.02. The fourth-order valence-electron chi connectivity index (χ4n) is 2.82. The minimum absolute atomic E-state index is 0.0918. The summed E-state index contributed by atoms with van der Waals surface area (Å²) in [5.74, 6) is -0.0918. The van der Waals surface area contributed by atoms with E-state index in [9.17, 15) is 4.79 Å². The Kier molecular flexibility index (Phi) is 5.83. The summed E-state index contributed by atoms with van der Waals surface area (Å²) in [5, 5.41) is 5.66. The number of carbonyl (C=O) groups excluding carboxylic acids is 1. The Morgan fingerprint density at radius 1 is 1.26 bits per heavy atom. The molecule has 0 aliphatic carbocycles. The van der Waals surface area contributed by atoms with Crippen LogP contribution in [-0.2, 0) is 0 Å². The Morgan fingerprint density at radius 3 is 2.67 bits per heavy atom. The summed E-state index contributed by atoms with van der Waals surface area (Å²) in [6.07, 6.45) is 1.67. The molecule has 1 aromatic carbocycles. The van der Waals surface area contributed by atoms with Crippen LogP contribution < -0.4 is 4.90 Å². The lowest BCUT2D eigenvalue weighted by molar-refractivity contribution is 0.0973. The van der Waals surface area contributed by atoms with Gasteiger partial charge in [0, 0.05) is 30.4 Å². The molecule has 1 amide bonds. The molecule has 0 fully saturated rings. The summed E-state index contributed by atoms with van der Waals surface area (Å²) in [4.78, 5) is 21.9. The van der Waals surface area contributed by atoms with E-state index in [2.05, 4.69) is 10.00 Å². The Hall–Kier alpha value is -1.96. The number of nitrogens with zero attached hydrogens (tertiary/aromatic N) is 5. The van der Waals surface area contributed by atoms with Crippen LogP contribution in [-0.4, -0.2) is 52.8 Å². The molecule has 3 rings (SSSR count). The highest BCUT2D eigenvalue weighted by atomic mass is 35.5. The van der Waals surface area contributed by atoms with Gasteiger partial charge in [-0.1, -0.05) is 22.9 Å². The lowest BCUT2D eigenvalue weighted by Gasteiger charge is -2.22. The zero-order chi connectivity index (χ0) is 19.7. The topological polar surface area (TPSA) is 54.3 Å². The molecule has 0 saturated heterocycles. The van der Waals surface area contributed by atoms with Crippen LogP contribution in [0.3, 0.4) is 0 Å². The Bertz CT molecular complexity index is 962. The summed E-state index contributed by atoms with van der Waals surface area (Å²) in [5.41, 5.74) is 2.35. The van der Waals surface area contributed by atoms with Gasteiger partial charge in [0.15, 0.2) is 5.13 Å². The first-order valence-corrected chi connectivity index (χ1v) is 10.0. The number of aromatic nitrogens is 3. The van der Waals surface area contributed by atoms with Gasteiger partial charge in [0.2, 0.25) is 0 Å². The normalized spacial score (nSPS) is 11.7. The largest absolute Gasteiger partial charge is 0.308 e. The molecule has 0 saturated carbocycles. The number of anilines is 1. The molecule has 0 N–H and O–H groups in total. The molecule has 144 valence electrons. The number of hydrogen-bond acceptors (Lipinski definition) is 5. The van der Waals surface area contributed by atoms with Crippen LogP contribution in [0.4, 0.5) is 5.13 Å². The molecule has 8 heteroatoms. The number of thiazole rings is 1. The molecule has 0 spiro atoms. The Morgan fingerprint density at radius 2 is 2.00 bits per heavy atom. The molecule has 6 nitrogen and oxygen atoms in total. The van der Waals surface area contributed by atoms with Crippen LogP contribution in [0.5, 0.6) is 0 Å². The molecule has 0 bridgehead atoms. The van der Waals surface area contributed by atoms with Crippen LogP contribution in [0.15, 0.2) is 24.4 Å². The predicted molar refractivity (Wildman–Crippen MR) is 112 cm³/mol. The third-order valence-corrected chi connectivity index (χ3v) is 5.82. The van der Waals surface area contributed by atoms with E-state index in [1.165, 1.54) is 11.3 Å². The lowest BCUT2D eigenvalue weighted by atomic mass is 10.2. The molecule has 2 heterocycles. The molecule has 0 aliphatic rings. The third-order valence-electron chi connectivity index (χ3n) is 4.36. The van der Waals surface area contributed by atoms with Gasteiger partial charge in [0.1, 0.15) is 5.69 Å². The van der Waals surface area contributed by atoms with Crippen molar-refractivity contribution in [3.63, 3.8) is 0 Å². The van der Waals surface area contributed by atoms with Crippen molar-refractivity contribution in [2.24, 2.45) is 0 Å². The smallest absolute Gasteiger partial charge is 0.278 e. The van der Waals surface area contributed by atoms with E-state index in [-0.39, 0.29) is 11.9 Å². The van der Waals surface area contributed by atoms with Gasteiger partial charge < -0.3 is 4.90 Å². The summed E-state index contributed by atoms with van der Waals surface area (Å²) >= 11 is 7.75. The predicted octanol–water partition coefficient (Wildman–Crippen LogP) is 4.24. The summed E-state index contributed by atoms with van der Waals surface area (Å²) < 4.78 is 2.77. The number of likely N-dealkylation sites (N-methyl/N-ethyl adjacent to an activating group) is 1. The first-order chi connectivity index (χ1) is 12.8. The second-order valence-corrected chi connectivity index (χ2v) is 8.45. The number of aryl methyl sites for hydroxylation is 1. The summed E-state index contributed by atoms with van der Waals surface area (Å²) in [7, 11) is 3.98. The van der Waals surface area contributed by atoms with Crippen LogP contribution in [0, 0.1) is 6.92 Å². The zero-order valence-electron chi connectivity index (χ0n) is 16.2. The molecule has 0 aliphatic heterocycles. The van der Waals surface area contributed by atoms with E-state index in [0.717, 1.165) is 22.3 Å². The van der Waals surface area contributed by atoms with Gasteiger partial charge in [-0.15, -0.1) is 0 Å². The van der Waals surface area contributed by atoms with Gasteiger partial charge >= 0.3 is 0 Å².